The van der Waals surface area contributed by atoms with Crippen molar-refractivity contribution in [2.75, 3.05) is 13.7 Å². The summed E-state index contributed by atoms with van der Waals surface area (Å²) in [6.45, 7) is 2.44. The van der Waals surface area contributed by atoms with Crippen LogP contribution in [-0.2, 0) is 4.74 Å². The maximum atomic E-state index is 11.4. The van der Waals surface area contributed by atoms with Crippen LogP contribution >= 0.6 is 0 Å². The highest BCUT2D eigenvalue weighted by atomic mass is 16.6. The van der Waals surface area contributed by atoms with Crippen molar-refractivity contribution in [2.45, 2.75) is 26.2 Å². The van der Waals surface area contributed by atoms with Gasteiger partial charge >= 0.3 is 11.7 Å². The van der Waals surface area contributed by atoms with Crippen LogP contribution in [0.5, 0.6) is 5.75 Å². The van der Waals surface area contributed by atoms with Crippen LogP contribution in [0.15, 0.2) is 18.2 Å². The van der Waals surface area contributed by atoms with Gasteiger partial charge in [-0.1, -0.05) is 19.8 Å². The lowest BCUT2D eigenvalue weighted by Crippen LogP contribution is -2.05. The molecule has 0 radical (unpaired) electrons. The summed E-state index contributed by atoms with van der Waals surface area (Å²) in [7, 11) is 1.26. The van der Waals surface area contributed by atoms with E-state index in [1.165, 1.54) is 25.3 Å². The summed E-state index contributed by atoms with van der Waals surface area (Å²) >= 11 is 0. The van der Waals surface area contributed by atoms with Crippen LogP contribution in [0.4, 0.5) is 5.69 Å². The molecule has 0 atom stereocenters. The largest absolute Gasteiger partial charge is 0.487 e. The molecule has 19 heavy (non-hydrogen) atoms. The Morgan fingerprint density at radius 3 is 2.68 bits per heavy atom. The molecule has 0 saturated heterocycles. The van der Waals surface area contributed by atoms with E-state index in [1.54, 1.807) is 0 Å². The van der Waals surface area contributed by atoms with Crippen LogP contribution in [0.2, 0.25) is 0 Å². The Morgan fingerprint density at radius 1 is 1.37 bits per heavy atom. The molecule has 1 aromatic carbocycles. The third kappa shape index (κ3) is 4.24. The quantitative estimate of drug-likeness (QED) is 0.328. The van der Waals surface area contributed by atoms with Gasteiger partial charge in [0.25, 0.3) is 0 Å². The smallest absolute Gasteiger partial charge is 0.337 e. The minimum atomic E-state index is -0.548. The number of unbranched alkanes of at least 4 members (excludes halogenated alkanes) is 2. The van der Waals surface area contributed by atoms with E-state index in [-0.39, 0.29) is 17.0 Å². The van der Waals surface area contributed by atoms with Crippen molar-refractivity contribution in [3.63, 3.8) is 0 Å². The Hall–Kier alpha value is -2.11. The van der Waals surface area contributed by atoms with Gasteiger partial charge in [-0.2, -0.15) is 0 Å². The van der Waals surface area contributed by atoms with E-state index in [1.807, 2.05) is 0 Å². The van der Waals surface area contributed by atoms with Crippen LogP contribution in [0, 0.1) is 10.1 Å². The summed E-state index contributed by atoms with van der Waals surface area (Å²) in [5.74, 6) is -0.447. The van der Waals surface area contributed by atoms with E-state index in [0.29, 0.717) is 6.61 Å². The molecule has 0 unspecified atom stereocenters. The van der Waals surface area contributed by atoms with Crippen LogP contribution in [0.25, 0.3) is 0 Å². The summed E-state index contributed by atoms with van der Waals surface area (Å²) in [6.07, 6.45) is 2.84. The SMILES string of the molecule is CCCCCOc1cc(C(=O)OC)ccc1[N+](=O)[O-]. The van der Waals surface area contributed by atoms with E-state index in [9.17, 15) is 14.9 Å². The molecular weight excluding hydrogens is 250 g/mol. The Bertz CT molecular complexity index is 458. The van der Waals surface area contributed by atoms with Gasteiger partial charge in [-0.05, 0) is 12.5 Å². The fraction of sp³-hybridized carbons (Fsp3) is 0.462. The standard InChI is InChI=1S/C13H17NO5/c1-3-4-5-8-19-12-9-10(13(15)18-2)6-7-11(12)14(16)17/h6-7,9H,3-5,8H2,1-2H3. The molecule has 0 aliphatic rings. The number of hydrogen-bond donors (Lipinski definition) is 0. The third-order valence-electron chi connectivity index (χ3n) is 2.58. The average molecular weight is 267 g/mol. The average Bonchev–Trinajstić information content (AvgIpc) is 2.42. The topological polar surface area (TPSA) is 78.7 Å². The number of carbonyl (C=O) groups excluding carboxylic acids is 1. The molecule has 0 heterocycles. The predicted molar refractivity (Wildman–Crippen MR) is 69.5 cm³/mol. The molecule has 104 valence electrons. The number of ether oxygens (including phenoxy) is 2. The lowest BCUT2D eigenvalue weighted by atomic mass is 10.2. The second-order valence-electron chi connectivity index (χ2n) is 3.99. The van der Waals surface area contributed by atoms with Gasteiger partial charge in [0.05, 0.1) is 24.2 Å². The number of esters is 1. The molecule has 0 aliphatic carbocycles. The van der Waals surface area contributed by atoms with Crippen molar-refractivity contribution in [3.05, 3.63) is 33.9 Å². The lowest BCUT2D eigenvalue weighted by molar-refractivity contribution is -0.385. The van der Waals surface area contributed by atoms with Crippen LogP contribution in [0.3, 0.4) is 0 Å². The van der Waals surface area contributed by atoms with Crippen molar-refractivity contribution in [1.29, 1.82) is 0 Å². The van der Waals surface area contributed by atoms with Gasteiger partial charge in [0, 0.05) is 12.1 Å². The van der Waals surface area contributed by atoms with Crippen LogP contribution < -0.4 is 4.74 Å². The van der Waals surface area contributed by atoms with Gasteiger partial charge < -0.3 is 9.47 Å². The number of nitro groups is 1. The first-order valence-electron chi connectivity index (χ1n) is 6.09. The number of nitro benzene ring substituents is 1. The highest BCUT2D eigenvalue weighted by Gasteiger charge is 2.18. The second-order valence-corrected chi connectivity index (χ2v) is 3.99. The molecule has 1 rings (SSSR count). The molecule has 0 spiro atoms. The van der Waals surface area contributed by atoms with Gasteiger partial charge in [-0.3, -0.25) is 10.1 Å². The Kier molecular flexibility index (Phi) is 5.78. The van der Waals surface area contributed by atoms with Gasteiger partial charge in [0.15, 0.2) is 5.75 Å². The van der Waals surface area contributed by atoms with E-state index in [2.05, 4.69) is 11.7 Å². The zero-order valence-electron chi connectivity index (χ0n) is 11.0. The Labute approximate surface area is 111 Å². The van der Waals surface area contributed by atoms with Crippen molar-refractivity contribution < 1.29 is 19.2 Å². The minimum Gasteiger partial charge on any atom is -0.487 e. The molecule has 0 aromatic heterocycles. The van der Waals surface area contributed by atoms with E-state index >= 15 is 0 Å². The zero-order valence-corrected chi connectivity index (χ0v) is 11.0. The number of methoxy groups -OCH3 is 1. The summed E-state index contributed by atoms with van der Waals surface area (Å²) in [4.78, 5) is 21.7. The molecular formula is C13H17NO5. The first-order valence-corrected chi connectivity index (χ1v) is 6.09. The molecule has 0 N–H and O–H groups in total. The molecule has 6 nitrogen and oxygen atoms in total. The monoisotopic (exact) mass is 267 g/mol. The zero-order chi connectivity index (χ0) is 14.3. The summed E-state index contributed by atoms with van der Waals surface area (Å²) in [5.41, 5.74) is 0.0859. The Balaban J connectivity index is 2.89. The normalized spacial score (nSPS) is 10.0. The van der Waals surface area contributed by atoms with Crippen molar-refractivity contribution >= 4 is 11.7 Å². The number of rotatable bonds is 7. The van der Waals surface area contributed by atoms with Crippen molar-refractivity contribution in [2.24, 2.45) is 0 Å². The van der Waals surface area contributed by atoms with E-state index in [4.69, 9.17) is 4.74 Å². The second kappa shape index (κ2) is 7.35. The van der Waals surface area contributed by atoms with Crippen molar-refractivity contribution in [1.82, 2.24) is 0 Å². The third-order valence-corrected chi connectivity index (χ3v) is 2.58. The highest BCUT2D eigenvalue weighted by Crippen LogP contribution is 2.28. The number of nitrogens with zero attached hydrogens (tertiary/aromatic N) is 1. The first kappa shape index (κ1) is 14.9. The summed E-state index contributed by atoms with van der Waals surface area (Å²) < 4.78 is 9.96. The van der Waals surface area contributed by atoms with E-state index in [0.717, 1.165) is 19.3 Å². The van der Waals surface area contributed by atoms with Gasteiger partial charge in [0.1, 0.15) is 0 Å². The fourth-order valence-electron chi connectivity index (χ4n) is 1.56. The molecule has 1 aromatic rings. The lowest BCUT2D eigenvalue weighted by Gasteiger charge is -2.07. The number of benzene rings is 1. The molecule has 0 bridgehead atoms. The van der Waals surface area contributed by atoms with Crippen LogP contribution in [-0.4, -0.2) is 24.6 Å². The first-order chi connectivity index (χ1) is 9.10. The predicted octanol–water partition coefficient (Wildman–Crippen LogP) is 2.95. The molecule has 6 heteroatoms. The molecule has 0 fully saturated rings. The maximum Gasteiger partial charge on any atom is 0.337 e. The Morgan fingerprint density at radius 2 is 2.11 bits per heavy atom. The van der Waals surface area contributed by atoms with Gasteiger partial charge in [-0.15, -0.1) is 0 Å². The molecule has 0 saturated carbocycles. The summed E-state index contributed by atoms with van der Waals surface area (Å²) in [6, 6.07) is 3.94. The van der Waals surface area contributed by atoms with Gasteiger partial charge in [0.2, 0.25) is 0 Å². The van der Waals surface area contributed by atoms with Crippen LogP contribution in [0.1, 0.15) is 36.5 Å². The van der Waals surface area contributed by atoms with Crippen molar-refractivity contribution in [3.8, 4) is 5.75 Å². The van der Waals surface area contributed by atoms with E-state index < -0.39 is 10.9 Å². The number of carbonyl (C=O) groups is 1. The van der Waals surface area contributed by atoms with Gasteiger partial charge in [-0.25, -0.2) is 4.79 Å². The highest BCUT2D eigenvalue weighted by molar-refractivity contribution is 5.90. The fourth-order valence-corrected chi connectivity index (χ4v) is 1.56. The molecule has 0 aliphatic heterocycles. The summed E-state index contributed by atoms with van der Waals surface area (Å²) in [5, 5.41) is 10.9. The maximum absolute atomic E-state index is 11.4. The molecule has 0 amide bonds. The number of hydrogen-bond acceptors (Lipinski definition) is 5. The minimum absolute atomic E-state index is 0.101.